The molecule has 1 aliphatic carbocycles. The van der Waals surface area contributed by atoms with Gasteiger partial charge in [-0.15, -0.1) is 0 Å². The van der Waals surface area contributed by atoms with Crippen molar-refractivity contribution in [1.29, 1.82) is 0 Å². The Hall–Kier alpha value is -0.740. The van der Waals surface area contributed by atoms with Gasteiger partial charge < -0.3 is 14.8 Å². The molecular weight excluding hydrogens is 306 g/mol. The third kappa shape index (κ3) is 2.36. The smallest absolute Gasteiger partial charge is 0.162 e. The van der Waals surface area contributed by atoms with Crippen LogP contribution in [0.5, 0.6) is 11.5 Å². The maximum absolute atomic E-state index is 5.69. The number of hydrogen-bond donors (Lipinski definition) is 1. The molecule has 3 nitrogen and oxygen atoms in total. The monoisotopic (exact) mass is 325 g/mol. The minimum atomic E-state index is 0.361. The summed E-state index contributed by atoms with van der Waals surface area (Å²) in [5.41, 5.74) is 1.70. The molecule has 4 heteroatoms. The van der Waals surface area contributed by atoms with Crippen molar-refractivity contribution in [2.45, 2.75) is 26.3 Å². The van der Waals surface area contributed by atoms with Crippen molar-refractivity contribution in [2.75, 3.05) is 20.3 Å². The van der Waals surface area contributed by atoms with Crippen LogP contribution in [0.1, 0.15) is 31.9 Å². The average molecular weight is 326 g/mol. The van der Waals surface area contributed by atoms with E-state index in [0.717, 1.165) is 16.0 Å². The van der Waals surface area contributed by atoms with Gasteiger partial charge in [-0.05, 0) is 42.5 Å². The van der Waals surface area contributed by atoms with Gasteiger partial charge in [-0.25, -0.2) is 0 Å². The van der Waals surface area contributed by atoms with Gasteiger partial charge in [0.05, 0.1) is 0 Å². The van der Waals surface area contributed by atoms with Crippen molar-refractivity contribution in [3.05, 3.63) is 22.2 Å². The fourth-order valence-electron chi connectivity index (χ4n) is 2.97. The molecule has 1 aliphatic heterocycles. The summed E-state index contributed by atoms with van der Waals surface area (Å²) in [5, 5.41) is 3.46. The number of benzene rings is 1. The third-order valence-electron chi connectivity index (χ3n) is 4.30. The van der Waals surface area contributed by atoms with E-state index in [-0.39, 0.29) is 0 Å². The fraction of sp³-hybridized carbons (Fsp3) is 0.600. The van der Waals surface area contributed by atoms with E-state index < -0.39 is 0 Å². The van der Waals surface area contributed by atoms with Crippen LogP contribution in [0.25, 0.3) is 0 Å². The average Bonchev–Trinajstić information content (AvgIpc) is 2.99. The molecule has 2 unspecified atom stereocenters. The van der Waals surface area contributed by atoms with Crippen LogP contribution in [0.3, 0.4) is 0 Å². The molecule has 0 saturated heterocycles. The number of nitrogens with one attached hydrogen (secondary N) is 1. The highest BCUT2D eigenvalue weighted by Gasteiger charge is 2.50. The molecule has 0 radical (unpaired) electrons. The Kier molecular flexibility index (Phi) is 3.26. The summed E-state index contributed by atoms with van der Waals surface area (Å²) in [4.78, 5) is 0. The molecule has 0 aromatic heterocycles. The number of rotatable bonds is 3. The summed E-state index contributed by atoms with van der Waals surface area (Å²) in [6.07, 6.45) is 1.26. The zero-order valence-electron chi connectivity index (χ0n) is 11.6. The number of hydrogen-bond acceptors (Lipinski definition) is 3. The van der Waals surface area contributed by atoms with Crippen LogP contribution in [0.4, 0.5) is 0 Å². The summed E-state index contributed by atoms with van der Waals surface area (Å²) in [7, 11) is 2.03. The minimum Gasteiger partial charge on any atom is -0.486 e. The molecule has 0 spiro atoms. The van der Waals surface area contributed by atoms with Gasteiger partial charge in [0, 0.05) is 10.5 Å². The van der Waals surface area contributed by atoms with Gasteiger partial charge in [0.2, 0.25) is 0 Å². The Balaban J connectivity index is 1.95. The fourth-order valence-corrected chi connectivity index (χ4v) is 3.54. The van der Waals surface area contributed by atoms with Gasteiger partial charge >= 0.3 is 0 Å². The van der Waals surface area contributed by atoms with Crippen molar-refractivity contribution in [1.82, 2.24) is 5.32 Å². The Morgan fingerprint density at radius 2 is 1.84 bits per heavy atom. The second kappa shape index (κ2) is 4.67. The Morgan fingerprint density at radius 3 is 2.37 bits per heavy atom. The summed E-state index contributed by atoms with van der Waals surface area (Å²) in [5.74, 6) is 2.38. The van der Waals surface area contributed by atoms with Crippen LogP contribution in [-0.2, 0) is 0 Å². The van der Waals surface area contributed by atoms with Crippen molar-refractivity contribution in [2.24, 2.45) is 11.3 Å². The second-order valence-corrected chi connectivity index (χ2v) is 6.94. The van der Waals surface area contributed by atoms with Gasteiger partial charge in [-0.2, -0.15) is 0 Å². The van der Waals surface area contributed by atoms with Gasteiger partial charge in [-0.1, -0.05) is 29.8 Å². The van der Waals surface area contributed by atoms with Gasteiger partial charge in [-0.3, -0.25) is 0 Å². The highest BCUT2D eigenvalue weighted by molar-refractivity contribution is 9.10. The molecule has 3 rings (SSSR count). The molecule has 1 aromatic rings. The van der Waals surface area contributed by atoms with Gasteiger partial charge in [0.25, 0.3) is 0 Å². The van der Waals surface area contributed by atoms with E-state index in [2.05, 4.69) is 41.2 Å². The van der Waals surface area contributed by atoms with E-state index in [1.807, 2.05) is 13.1 Å². The summed E-state index contributed by atoms with van der Waals surface area (Å²) < 4.78 is 12.4. The van der Waals surface area contributed by atoms with Crippen LogP contribution in [0, 0.1) is 11.3 Å². The van der Waals surface area contributed by atoms with Crippen LogP contribution in [0.15, 0.2) is 16.6 Å². The van der Waals surface area contributed by atoms with E-state index in [1.54, 1.807) is 0 Å². The van der Waals surface area contributed by atoms with Crippen molar-refractivity contribution in [3.63, 3.8) is 0 Å². The van der Waals surface area contributed by atoms with Crippen molar-refractivity contribution >= 4 is 15.9 Å². The lowest BCUT2D eigenvalue weighted by Crippen LogP contribution is -2.22. The highest BCUT2D eigenvalue weighted by atomic mass is 79.9. The predicted octanol–water partition coefficient (Wildman–Crippen LogP) is 3.53. The SMILES string of the molecule is CNC(c1cc2c(cc1Br)OCCO2)C1CC1(C)C. The van der Waals surface area contributed by atoms with Crippen LogP contribution < -0.4 is 14.8 Å². The number of fused-ring (bicyclic) bond motifs is 1. The summed E-state index contributed by atoms with van der Waals surface area (Å²) >= 11 is 3.67. The zero-order valence-corrected chi connectivity index (χ0v) is 13.2. The number of halogens is 1. The third-order valence-corrected chi connectivity index (χ3v) is 4.99. The highest BCUT2D eigenvalue weighted by Crippen LogP contribution is 2.58. The van der Waals surface area contributed by atoms with E-state index in [4.69, 9.17) is 9.47 Å². The molecule has 2 aliphatic rings. The quantitative estimate of drug-likeness (QED) is 0.922. The lowest BCUT2D eigenvalue weighted by atomic mass is 9.96. The normalized spacial score (nSPS) is 24.9. The molecule has 1 heterocycles. The topological polar surface area (TPSA) is 30.5 Å². The second-order valence-electron chi connectivity index (χ2n) is 6.08. The van der Waals surface area contributed by atoms with E-state index in [9.17, 15) is 0 Å². The zero-order chi connectivity index (χ0) is 13.6. The maximum atomic E-state index is 5.69. The minimum absolute atomic E-state index is 0.361. The molecular formula is C15H20BrNO2. The lowest BCUT2D eigenvalue weighted by Gasteiger charge is -2.24. The molecule has 2 atom stereocenters. The molecule has 19 heavy (non-hydrogen) atoms. The van der Waals surface area contributed by atoms with Crippen LogP contribution in [0.2, 0.25) is 0 Å². The Bertz CT molecular complexity index is 501. The Labute approximate surface area is 122 Å². The first-order valence-electron chi connectivity index (χ1n) is 6.79. The van der Waals surface area contributed by atoms with E-state index in [0.29, 0.717) is 30.6 Å². The molecule has 0 amide bonds. The predicted molar refractivity (Wildman–Crippen MR) is 78.8 cm³/mol. The summed E-state index contributed by atoms with van der Waals surface area (Å²) in [6, 6.07) is 4.51. The molecule has 104 valence electrons. The molecule has 0 bridgehead atoms. The van der Waals surface area contributed by atoms with Crippen LogP contribution >= 0.6 is 15.9 Å². The molecule has 1 aromatic carbocycles. The standard InChI is InChI=1S/C15H20BrNO2/c1-15(2)8-10(15)14(17-3)9-6-12-13(7-11(9)16)19-5-4-18-12/h6-7,10,14,17H,4-5,8H2,1-3H3. The molecule has 1 N–H and O–H groups in total. The lowest BCUT2D eigenvalue weighted by molar-refractivity contribution is 0.171. The first-order valence-corrected chi connectivity index (χ1v) is 7.58. The number of ether oxygens (including phenoxy) is 2. The molecule has 1 saturated carbocycles. The van der Waals surface area contributed by atoms with E-state index in [1.165, 1.54) is 12.0 Å². The van der Waals surface area contributed by atoms with Crippen molar-refractivity contribution in [3.8, 4) is 11.5 Å². The van der Waals surface area contributed by atoms with E-state index >= 15 is 0 Å². The van der Waals surface area contributed by atoms with Crippen LogP contribution in [-0.4, -0.2) is 20.3 Å². The van der Waals surface area contributed by atoms with Crippen molar-refractivity contribution < 1.29 is 9.47 Å². The first-order chi connectivity index (χ1) is 9.03. The molecule has 1 fully saturated rings. The summed E-state index contributed by atoms with van der Waals surface area (Å²) in [6.45, 7) is 5.92. The van der Waals surface area contributed by atoms with Gasteiger partial charge in [0.1, 0.15) is 13.2 Å². The Morgan fingerprint density at radius 1 is 1.26 bits per heavy atom. The maximum Gasteiger partial charge on any atom is 0.162 e. The first kappa shape index (κ1) is 13.3. The largest absolute Gasteiger partial charge is 0.486 e. The van der Waals surface area contributed by atoms with Gasteiger partial charge in [0.15, 0.2) is 11.5 Å².